The van der Waals surface area contributed by atoms with Crippen molar-refractivity contribution in [1.29, 1.82) is 0 Å². The molecule has 0 bridgehead atoms. The van der Waals surface area contributed by atoms with Gasteiger partial charge in [-0.05, 0) is 63.4 Å². The molecule has 0 saturated carbocycles. The van der Waals surface area contributed by atoms with Crippen LogP contribution in [0.5, 0.6) is 5.88 Å². The molecule has 3 heterocycles. The fourth-order valence-electron chi connectivity index (χ4n) is 3.90. The van der Waals surface area contributed by atoms with Crippen LogP contribution in [0.4, 0.5) is 0 Å². The van der Waals surface area contributed by atoms with E-state index in [0.29, 0.717) is 22.8 Å². The van der Waals surface area contributed by atoms with Gasteiger partial charge in [0, 0.05) is 28.3 Å². The van der Waals surface area contributed by atoms with E-state index in [0.717, 1.165) is 5.56 Å². The number of hydrogen-bond acceptors (Lipinski definition) is 4. The Labute approximate surface area is 191 Å². The van der Waals surface area contributed by atoms with E-state index in [1.165, 1.54) is 9.58 Å². The Hall–Kier alpha value is -3.45. The molecule has 3 aromatic rings. The van der Waals surface area contributed by atoms with Crippen LogP contribution in [-0.4, -0.2) is 32.5 Å². The zero-order chi connectivity index (χ0) is 23.2. The highest BCUT2D eigenvalue weighted by molar-refractivity contribution is 6.45. The number of benzene rings is 1. The van der Waals surface area contributed by atoms with Crippen molar-refractivity contribution < 1.29 is 19.3 Å². The van der Waals surface area contributed by atoms with Crippen LogP contribution in [0.3, 0.4) is 0 Å². The SMILES string of the molecule is CCc1nn(-c2ccc(Cl)cc2)c([O-])c1C1=C([n+]2cccc(C)c2)C(=O)N(C(C)C)C1=O. The number of rotatable bonds is 5. The molecular formula is C24H23ClN4O3. The quantitative estimate of drug-likeness (QED) is 0.442. The molecule has 2 amide bonds. The summed E-state index contributed by atoms with van der Waals surface area (Å²) in [6, 6.07) is 10.0. The lowest BCUT2D eigenvalue weighted by atomic mass is 10.0. The fourth-order valence-corrected chi connectivity index (χ4v) is 4.03. The first-order chi connectivity index (χ1) is 15.2. The maximum atomic E-state index is 13.5. The largest absolute Gasteiger partial charge is 0.858 e. The monoisotopic (exact) mass is 450 g/mol. The maximum Gasteiger partial charge on any atom is 0.327 e. The van der Waals surface area contributed by atoms with Crippen LogP contribution in [0.15, 0.2) is 48.8 Å². The Kier molecular flexibility index (Phi) is 5.60. The number of carbonyl (C=O) groups excluding carboxylic acids is 2. The van der Waals surface area contributed by atoms with Crippen LogP contribution in [0.25, 0.3) is 17.0 Å². The third-order valence-corrected chi connectivity index (χ3v) is 5.64. The molecule has 0 N–H and O–H groups in total. The number of hydrogen-bond donors (Lipinski definition) is 0. The van der Waals surface area contributed by atoms with Gasteiger partial charge in [-0.1, -0.05) is 18.5 Å². The van der Waals surface area contributed by atoms with Gasteiger partial charge < -0.3 is 5.11 Å². The van der Waals surface area contributed by atoms with Crippen molar-refractivity contribution in [2.24, 2.45) is 0 Å². The number of halogens is 1. The van der Waals surface area contributed by atoms with E-state index in [1.54, 1.807) is 61.1 Å². The molecule has 2 aromatic heterocycles. The summed E-state index contributed by atoms with van der Waals surface area (Å²) in [5.74, 6) is -1.37. The second-order valence-electron chi connectivity index (χ2n) is 7.95. The second-order valence-corrected chi connectivity index (χ2v) is 8.39. The van der Waals surface area contributed by atoms with E-state index in [4.69, 9.17) is 11.6 Å². The normalized spacial score (nSPS) is 14.2. The lowest BCUT2D eigenvalue weighted by molar-refractivity contribution is -0.577. The molecule has 1 aliphatic heterocycles. The molecule has 164 valence electrons. The Morgan fingerprint density at radius 3 is 2.41 bits per heavy atom. The van der Waals surface area contributed by atoms with Crippen LogP contribution < -0.4 is 9.67 Å². The van der Waals surface area contributed by atoms with Crippen LogP contribution in [0.1, 0.15) is 37.6 Å². The summed E-state index contributed by atoms with van der Waals surface area (Å²) in [6.07, 6.45) is 3.89. The van der Waals surface area contributed by atoms with E-state index in [1.807, 2.05) is 19.9 Å². The van der Waals surface area contributed by atoms with Crippen LogP contribution in [-0.2, 0) is 16.0 Å². The van der Waals surface area contributed by atoms with Gasteiger partial charge in [-0.25, -0.2) is 4.68 Å². The summed E-state index contributed by atoms with van der Waals surface area (Å²) in [5.41, 5.74) is 2.31. The minimum Gasteiger partial charge on any atom is -0.858 e. The van der Waals surface area contributed by atoms with Crippen molar-refractivity contribution in [1.82, 2.24) is 14.7 Å². The Bertz CT molecular complexity index is 1260. The Balaban J connectivity index is 2.01. The lowest BCUT2D eigenvalue weighted by Gasteiger charge is -2.18. The van der Waals surface area contributed by atoms with Crippen molar-refractivity contribution in [2.75, 3.05) is 0 Å². The number of pyridine rings is 1. The van der Waals surface area contributed by atoms with Gasteiger partial charge >= 0.3 is 5.91 Å². The number of imide groups is 1. The third-order valence-electron chi connectivity index (χ3n) is 5.39. The molecule has 1 aliphatic rings. The predicted octanol–water partition coefficient (Wildman–Crippen LogP) is 2.90. The molecular weight excluding hydrogens is 428 g/mol. The molecule has 0 saturated heterocycles. The Morgan fingerprint density at radius 1 is 1.12 bits per heavy atom. The molecule has 0 fully saturated rings. The minimum absolute atomic E-state index is 0.0846. The molecule has 0 unspecified atom stereocenters. The summed E-state index contributed by atoms with van der Waals surface area (Å²) in [6.45, 7) is 7.30. The number of nitrogens with zero attached hydrogens (tertiary/aromatic N) is 4. The van der Waals surface area contributed by atoms with Gasteiger partial charge in [0.25, 0.3) is 11.6 Å². The molecule has 32 heavy (non-hydrogen) atoms. The smallest absolute Gasteiger partial charge is 0.327 e. The standard InChI is InChI=1S/C24H23ClN4O3/c1-5-18-19(23(31)29(26-18)17-10-8-16(25)9-11-17)20-21(27-12-6-7-15(4)13-27)24(32)28(14(2)3)22(20)30/h6-14H,5H2,1-4H3. The highest BCUT2D eigenvalue weighted by Crippen LogP contribution is 2.37. The number of amides is 2. The van der Waals surface area contributed by atoms with Crippen molar-refractivity contribution >= 4 is 34.7 Å². The summed E-state index contributed by atoms with van der Waals surface area (Å²) in [4.78, 5) is 28.0. The van der Waals surface area contributed by atoms with Gasteiger partial charge in [0.15, 0.2) is 12.4 Å². The summed E-state index contributed by atoms with van der Waals surface area (Å²) in [7, 11) is 0. The highest BCUT2D eigenvalue weighted by Gasteiger charge is 2.47. The summed E-state index contributed by atoms with van der Waals surface area (Å²) in [5, 5.41) is 18.6. The third kappa shape index (κ3) is 3.48. The van der Waals surface area contributed by atoms with Crippen LogP contribution in [0.2, 0.25) is 5.02 Å². The van der Waals surface area contributed by atoms with Crippen molar-refractivity contribution in [3.05, 3.63) is 70.6 Å². The molecule has 0 radical (unpaired) electrons. The van der Waals surface area contributed by atoms with Crippen LogP contribution in [0, 0.1) is 6.92 Å². The summed E-state index contributed by atoms with van der Waals surface area (Å²) >= 11 is 5.98. The first-order valence-electron chi connectivity index (χ1n) is 10.4. The van der Waals surface area contributed by atoms with Crippen LogP contribution >= 0.6 is 11.6 Å². The molecule has 1 aromatic carbocycles. The van der Waals surface area contributed by atoms with E-state index in [-0.39, 0.29) is 22.9 Å². The van der Waals surface area contributed by atoms with Gasteiger partial charge in [-0.15, -0.1) is 0 Å². The fraction of sp³-hybridized carbons (Fsp3) is 0.250. The average molecular weight is 451 g/mol. The number of carbonyl (C=O) groups is 2. The second kappa shape index (κ2) is 8.24. The van der Waals surface area contributed by atoms with Crippen molar-refractivity contribution in [3.8, 4) is 11.6 Å². The molecule has 0 aliphatic carbocycles. The minimum atomic E-state index is -0.489. The lowest BCUT2D eigenvalue weighted by Crippen LogP contribution is -2.42. The molecule has 0 atom stereocenters. The van der Waals surface area contributed by atoms with Gasteiger partial charge in [0.05, 0.1) is 11.4 Å². The van der Waals surface area contributed by atoms with Crippen molar-refractivity contribution in [2.45, 2.75) is 40.2 Å². The van der Waals surface area contributed by atoms with Gasteiger partial charge in [0.1, 0.15) is 5.57 Å². The molecule has 8 heteroatoms. The zero-order valence-electron chi connectivity index (χ0n) is 18.3. The highest BCUT2D eigenvalue weighted by atomic mass is 35.5. The van der Waals surface area contributed by atoms with E-state index in [9.17, 15) is 14.7 Å². The van der Waals surface area contributed by atoms with Gasteiger partial charge in [-0.3, -0.25) is 14.5 Å². The zero-order valence-corrected chi connectivity index (χ0v) is 19.1. The molecule has 7 nitrogen and oxygen atoms in total. The van der Waals surface area contributed by atoms with Crippen molar-refractivity contribution in [3.63, 3.8) is 0 Å². The maximum absolute atomic E-state index is 13.5. The Morgan fingerprint density at radius 2 is 1.81 bits per heavy atom. The molecule has 0 spiro atoms. The molecule has 4 rings (SSSR count). The van der Waals surface area contributed by atoms with E-state index < -0.39 is 17.7 Å². The topological polar surface area (TPSA) is 82.1 Å². The first kappa shape index (κ1) is 21.8. The van der Waals surface area contributed by atoms with Gasteiger partial charge in [-0.2, -0.15) is 9.67 Å². The average Bonchev–Trinajstić information content (AvgIpc) is 3.21. The number of aryl methyl sites for hydroxylation is 2. The van der Waals surface area contributed by atoms with E-state index in [2.05, 4.69) is 5.10 Å². The van der Waals surface area contributed by atoms with E-state index >= 15 is 0 Å². The number of aromatic nitrogens is 3. The predicted molar refractivity (Wildman–Crippen MR) is 119 cm³/mol. The summed E-state index contributed by atoms with van der Waals surface area (Å²) < 4.78 is 2.87. The first-order valence-corrected chi connectivity index (χ1v) is 10.8. The van der Waals surface area contributed by atoms with Gasteiger partial charge in [0.2, 0.25) is 0 Å².